The van der Waals surface area contributed by atoms with E-state index in [0.29, 0.717) is 37.2 Å². The first-order chi connectivity index (χ1) is 23.6. The molecular formula is C40H52N4O5. The van der Waals surface area contributed by atoms with Crippen LogP contribution in [0.15, 0.2) is 78.9 Å². The number of ether oxygens (including phenoxy) is 2. The number of aliphatic hydroxyl groups excluding tert-OH is 1. The molecule has 6 atom stereocenters. The van der Waals surface area contributed by atoms with Gasteiger partial charge in [0.2, 0.25) is 5.91 Å². The van der Waals surface area contributed by atoms with Crippen LogP contribution in [0.5, 0.6) is 0 Å². The third-order valence-electron chi connectivity index (χ3n) is 10.0. The Morgan fingerprint density at radius 2 is 1.63 bits per heavy atom. The second-order valence-electron chi connectivity index (χ2n) is 14.9. The molecule has 3 aromatic rings. The predicted molar refractivity (Wildman–Crippen MR) is 191 cm³/mol. The SMILES string of the molecule is CC(C)(C)NC(=O)[C@H]1CC[C@H]2CCCC[C@H]2N1C[C@@H]1C[C@H](c2ccc(CO)cc2)O[C@H](c2cccc(NC(=O)NCc3ccccc3)c2)O1. The largest absolute Gasteiger partial charge is 0.392 e. The summed E-state index contributed by atoms with van der Waals surface area (Å²) in [7, 11) is 0. The number of urea groups is 1. The van der Waals surface area contributed by atoms with Gasteiger partial charge in [-0.05, 0) is 81.2 Å². The van der Waals surface area contributed by atoms with Crippen molar-refractivity contribution >= 4 is 17.6 Å². The number of hydrogen-bond acceptors (Lipinski definition) is 6. The Morgan fingerprint density at radius 1 is 0.857 bits per heavy atom. The number of carbonyl (C=O) groups excluding carboxylic acids is 2. The normalized spacial score (nSPS) is 26.0. The number of piperidine rings is 1. The predicted octanol–water partition coefficient (Wildman–Crippen LogP) is 6.98. The van der Waals surface area contributed by atoms with Gasteiger partial charge in [0.25, 0.3) is 0 Å². The summed E-state index contributed by atoms with van der Waals surface area (Å²) in [4.78, 5) is 29.0. The van der Waals surface area contributed by atoms with Crippen LogP contribution in [-0.2, 0) is 27.4 Å². The minimum Gasteiger partial charge on any atom is -0.392 e. The van der Waals surface area contributed by atoms with Crippen LogP contribution in [0.2, 0.25) is 0 Å². The fraction of sp³-hybridized carbons (Fsp3) is 0.500. The van der Waals surface area contributed by atoms with Crippen LogP contribution < -0.4 is 16.0 Å². The molecule has 2 saturated heterocycles. The van der Waals surface area contributed by atoms with E-state index in [1.165, 1.54) is 19.3 Å². The number of anilines is 1. The molecule has 4 N–H and O–H groups in total. The van der Waals surface area contributed by atoms with Crippen molar-refractivity contribution in [3.63, 3.8) is 0 Å². The van der Waals surface area contributed by atoms with E-state index >= 15 is 0 Å². The number of rotatable bonds is 9. The van der Waals surface area contributed by atoms with Crippen LogP contribution in [-0.4, -0.2) is 52.2 Å². The molecule has 3 aliphatic rings. The minimum atomic E-state index is -0.677. The number of amides is 3. The number of nitrogens with zero attached hydrogens (tertiary/aromatic N) is 1. The van der Waals surface area contributed by atoms with E-state index in [-0.39, 0.29) is 42.3 Å². The molecule has 2 heterocycles. The molecule has 9 heteroatoms. The molecule has 0 aromatic heterocycles. The third kappa shape index (κ3) is 9.28. The zero-order valence-electron chi connectivity index (χ0n) is 29.1. The first-order valence-electron chi connectivity index (χ1n) is 17.9. The smallest absolute Gasteiger partial charge is 0.319 e. The number of hydrogen-bond donors (Lipinski definition) is 4. The Kier molecular flexibility index (Phi) is 11.3. The quantitative estimate of drug-likeness (QED) is 0.196. The summed E-state index contributed by atoms with van der Waals surface area (Å²) < 4.78 is 13.4. The molecule has 3 fully saturated rings. The van der Waals surface area contributed by atoms with E-state index in [4.69, 9.17) is 9.47 Å². The van der Waals surface area contributed by atoms with E-state index in [1.54, 1.807) is 0 Å². The fourth-order valence-corrected chi connectivity index (χ4v) is 7.71. The lowest BCUT2D eigenvalue weighted by Gasteiger charge is -2.50. The average Bonchev–Trinajstić information content (AvgIpc) is 3.10. The highest BCUT2D eigenvalue weighted by Gasteiger charge is 2.44. The summed E-state index contributed by atoms with van der Waals surface area (Å²) in [5.41, 5.74) is 4.01. The van der Waals surface area contributed by atoms with E-state index in [9.17, 15) is 14.7 Å². The maximum atomic E-state index is 13.7. The monoisotopic (exact) mass is 668 g/mol. The van der Waals surface area contributed by atoms with Crippen molar-refractivity contribution in [3.05, 3.63) is 101 Å². The molecule has 0 spiro atoms. The molecule has 9 nitrogen and oxygen atoms in total. The Bertz CT molecular complexity index is 1540. The van der Waals surface area contributed by atoms with Gasteiger partial charge in [-0.15, -0.1) is 0 Å². The molecule has 0 bridgehead atoms. The van der Waals surface area contributed by atoms with Crippen LogP contribution in [0.4, 0.5) is 10.5 Å². The van der Waals surface area contributed by atoms with Gasteiger partial charge in [-0.3, -0.25) is 9.69 Å². The summed E-state index contributed by atoms with van der Waals surface area (Å²) in [6.07, 6.45) is 6.19. The van der Waals surface area contributed by atoms with Crippen molar-refractivity contribution < 1.29 is 24.2 Å². The number of benzene rings is 3. The Labute approximate surface area is 290 Å². The number of fused-ring (bicyclic) bond motifs is 1. The van der Waals surface area contributed by atoms with Crippen LogP contribution in [0.1, 0.15) is 100 Å². The summed E-state index contributed by atoms with van der Waals surface area (Å²) >= 11 is 0. The van der Waals surface area contributed by atoms with Crippen LogP contribution in [0, 0.1) is 5.92 Å². The maximum Gasteiger partial charge on any atom is 0.319 e. The zero-order chi connectivity index (χ0) is 34.4. The average molecular weight is 669 g/mol. The Morgan fingerprint density at radius 3 is 2.39 bits per heavy atom. The van der Waals surface area contributed by atoms with Gasteiger partial charge in [-0.1, -0.05) is 79.6 Å². The Balaban J connectivity index is 1.23. The van der Waals surface area contributed by atoms with Crippen molar-refractivity contribution in [3.8, 4) is 0 Å². The molecule has 1 saturated carbocycles. The van der Waals surface area contributed by atoms with Crippen LogP contribution in [0.25, 0.3) is 0 Å². The summed E-state index contributed by atoms with van der Waals surface area (Å²) in [6, 6.07) is 25.2. The van der Waals surface area contributed by atoms with Crippen molar-refractivity contribution in [2.45, 2.75) is 115 Å². The van der Waals surface area contributed by atoms with Gasteiger partial charge >= 0.3 is 6.03 Å². The molecular weight excluding hydrogens is 616 g/mol. The van der Waals surface area contributed by atoms with Crippen LogP contribution >= 0.6 is 0 Å². The standard InChI is InChI=1S/C40H52N4O5/c1-40(2,3)43-37(46)35-21-20-29-12-7-8-15-34(29)44(35)25-33-23-36(30-18-16-28(26-45)17-19-30)49-38(48-33)31-13-9-14-32(22-31)42-39(47)41-24-27-10-5-4-6-11-27/h4-6,9-11,13-14,16-19,22,29,33-36,38,45H,7-8,12,15,20-21,23-26H2,1-3H3,(H,43,46)(H2,41,42,47)/t29-,33+,34-,35-,36-,38-/m1/s1. The highest BCUT2D eigenvalue weighted by atomic mass is 16.7. The second-order valence-corrected chi connectivity index (χ2v) is 14.9. The number of nitrogens with one attached hydrogen (secondary N) is 3. The third-order valence-corrected chi connectivity index (χ3v) is 10.0. The van der Waals surface area contributed by atoms with Crippen molar-refractivity contribution in [2.24, 2.45) is 5.92 Å². The lowest BCUT2D eigenvalue weighted by atomic mass is 9.75. The summed E-state index contributed by atoms with van der Waals surface area (Å²) in [5.74, 6) is 0.696. The first kappa shape index (κ1) is 35.1. The minimum absolute atomic E-state index is 0.0194. The van der Waals surface area contributed by atoms with Crippen molar-refractivity contribution in [1.29, 1.82) is 0 Å². The molecule has 0 unspecified atom stereocenters. The maximum absolute atomic E-state index is 13.7. The first-order valence-corrected chi connectivity index (χ1v) is 17.9. The molecule has 262 valence electrons. The van der Waals surface area contributed by atoms with Gasteiger partial charge in [0, 0.05) is 42.3 Å². The van der Waals surface area contributed by atoms with Gasteiger partial charge in [0.05, 0.1) is 24.9 Å². The fourth-order valence-electron chi connectivity index (χ4n) is 7.71. The highest BCUT2D eigenvalue weighted by molar-refractivity contribution is 5.89. The van der Waals surface area contributed by atoms with Gasteiger partial charge < -0.3 is 30.5 Å². The molecule has 3 amide bonds. The van der Waals surface area contributed by atoms with E-state index in [1.807, 2.05) is 99.6 Å². The molecule has 49 heavy (non-hydrogen) atoms. The topological polar surface area (TPSA) is 112 Å². The number of aliphatic hydroxyl groups is 1. The van der Waals surface area contributed by atoms with Crippen molar-refractivity contribution in [2.75, 3.05) is 11.9 Å². The molecule has 0 radical (unpaired) electrons. The number of likely N-dealkylation sites (tertiary alicyclic amines) is 1. The second kappa shape index (κ2) is 15.9. The van der Waals surface area contributed by atoms with Crippen LogP contribution in [0.3, 0.4) is 0 Å². The van der Waals surface area contributed by atoms with Gasteiger partial charge in [-0.2, -0.15) is 0 Å². The lowest BCUT2D eigenvalue weighted by molar-refractivity contribution is -0.255. The molecule has 2 aliphatic heterocycles. The molecule has 3 aromatic carbocycles. The van der Waals surface area contributed by atoms with Gasteiger partial charge in [0.1, 0.15) is 0 Å². The van der Waals surface area contributed by atoms with E-state index < -0.39 is 6.29 Å². The molecule has 1 aliphatic carbocycles. The van der Waals surface area contributed by atoms with Crippen molar-refractivity contribution in [1.82, 2.24) is 15.5 Å². The number of carbonyl (C=O) groups is 2. The summed E-state index contributed by atoms with van der Waals surface area (Å²) in [6.45, 7) is 7.15. The van der Waals surface area contributed by atoms with E-state index in [0.717, 1.165) is 41.5 Å². The van der Waals surface area contributed by atoms with Gasteiger partial charge in [0.15, 0.2) is 6.29 Å². The lowest BCUT2D eigenvalue weighted by Crippen LogP contribution is -2.61. The van der Waals surface area contributed by atoms with E-state index in [2.05, 4.69) is 20.9 Å². The zero-order valence-corrected chi connectivity index (χ0v) is 29.1. The molecule has 6 rings (SSSR count). The van der Waals surface area contributed by atoms with Gasteiger partial charge in [-0.25, -0.2) is 4.79 Å². The highest BCUT2D eigenvalue weighted by Crippen LogP contribution is 2.42. The Hall–Kier alpha value is -3.76. The summed E-state index contributed by atoms with van der Waals surface area (Å²) in [5, 5.41) is 18.8.